The van der Waals surface area contributed by atoms with Gasteiger partial charge < -0.3 is 9.84 Å². The van der Waals surface area contributed by atoms with E-state index < -0.39 is 0 Å². The van der Waals surface area contributed by atoms with Crippen molar-refractivity contribution in [2.45, 2.75) is 45.6 Å². The number of ether oxygens (including phenoxy) is 1. The second-order valence-corrected chi connectivity index (χ2v) is 5.00. The van der Waals surface area contributed by atoms with E-state index in [4.69, 9.17) is 4.74 Å². The van der Waals surface area contributed by atoms with Crippen LogP contribution in [0.15, 0.2) is 22.7 Å². The summed E-state index contributed by atoms with van der Waals surface area (Å²) in [5, 5.41) is 9.21. The number of hydrogen-bond donors (Lipinski definition) is 1. The number of halogens is 1. The van der Waals surface area contributed by atoms with Crippen LogP contribution >= 0.6 is 15.9 Å². The molecule has 1 N–H and O–H groups in total. The molecule has 0 aliphatic heterocycles. The van der Waals surface area contributed by atoms with Gasteiger partial charge in [0.2, 0.25) is 0 Å². The van der Waals surface area contributed by atoms with Gasteiger partial charge in [0, 0.05) is 5.56 Å². The molecule has 0 spiro atoms. The third kappa shape index (κ3) is 5.09. The van der Waals surface area contributed by atoms with Gasteiger partial charge in [-0.2, -0.15) is 0 Å². The number of hydrogen-bond acceptors (Lipinski definition) is 2. The topological polar surface area (TPSA) is 29.5 Å². The number of benzene rings is 1. The molecule has 1 aromatic rings. The Labute approximate surface area is 112 Å². The molecule has 2 nitrogen and oxygen atoms in total. The first kappa shape index (κ1) is 14.5. The SMILES string of the molecule is CCCCCCCOc1c(Br)cccc1CO. The summed E-state index contributed by atoms with van der Waals surface area (Å²) >= 11 is 3.45. The van der Waals surface area contributed by atoms with Crippen LogP contribution in [-0.4, -0.2) is 11.7 Å². The first-order valence-corrected chi connectivity index (χ1v) is 7.10. The number of aliphatic hydroxyl groups excluding tert-OH is 1. The lowest BCUT2D eigenvalue weighted by Gasteiger charge is -2.11. The van der Waals surface area contributed by atoms with Gasteiger partial charge in [-0.15, -0.1) is 0 Å². The van der Waals surface area contributed by atoms with Gasteiger partial charge in [-0.3, -0.25) is 0 Å². The van der Waals surface area contributed by atoms with Gasteiger partial charge in [0.15, 0.2) is 0 Å². The van der Waals surface area contributed by atoms with Gasteiger partial charge >= 0.3 is 0 Å². The van der Waals surface area contributed by atoms with E-state index in [0.717, 1.165) is 28.8 Å². The highest BCUT2D eigenvalue weighted by molar-refractivity contribution is 9.10. The Morgan fingerprint density at radius 2 is 1.94 bits per heavy atom. The smallest absolute Gasteiger partial charge is 0.138 e. The van der Waals surface area contributed by atoms with E-state index in [1.807, 2.05) is 18.2 Å². The fraction of sp³-hybridized carbons (Fsp3) is 0.571. The molecule has 1 rings (SSSR count). The lowest BCUT2D eigenvalue weighted by molar-refractivity contribution is 0.259. The molecule has 0 aliphatic rings. The van der Waals surface area contributed by atoms with Crippen molar-refractivity contribution in [1.82, 2.24) is 0 Å². The molecule has 17 heavy (non-hydrogen) atoms. The lowest BCUT2D eigenvalue weighted by Crippen LogP contribution is -2.01. The number of unbranched alkanes of at least 4 members (excludes halogenated alkanes) is 4. The standard InChI is InChI=1S/C14H21BrO2/c1-2-3-4-5-6-10-17-14-12(11-16)8-7-9-13(14)15/h7-9,16H,2-6,10-11H2,1H3. The Balaban J connectivity index is 2.35. The molecule has 0 fully saturated rings. The van der Waals surface area contributed by atoms with Crippen molar-refractivity contribution >= 4 is 15.9 Å². The molecule has 0 atom stereocenters. The van der Waals surface area contributed by atoms with E-state index in [2.05, 4.69) is 22.9 Å². The van der Waals surface area contributed by atoms with Crippen molar-refractivity contribution in [1.29, 1.82) is 0 Å². The second kappa shape index (κ2) is 8.54. The van der Waals surface area contributed by atoms with Crippen molar-refractivity contribution < 1.29 is 9.84 Å². The third-order valence-electron chi connectivity index (χ3n) is 2.71. The maximum Gasteiger partial charge on any atom is 0.138 e. The van der Waals surface area contributed by atoms with Gasteiger partial charge in [-0.25, -0.2) is 0 Å². The van der Waals surface area contributed by atoms with Crippen LogP contribution in [0.2, 0.25) is 0 Å². The monoisotopic (exact) mass is 300 g/mol. The van der Waals surface area contributed by atoms with Gasteiger partial charge in [0.25, 0.3) is 0 Å². The Hall–Kier alpha value is -0.540. The molecule has 0 aliphatic carbocycles. The fourth-order valence-corrected chi connectivity index (χ4v) is 2.24. The van der Waals surface area contributed by atoms with Crippen LogP contribution in [0.4, 0.5) is 0 Å². The van der Waals surface area contributed by atoms with Gasteiger partial charge in [0.1, 0.15) is 5.75 Å². The van der Waals surface area contributed by atoms with Crippen LogP contribution in [0.5, 0.6) is 5.75 Å². The molecule has 0 saturated heterocycles. The zero-order valence-corrected chi connectivity index (χ0v) is 12.0. The highest BCUT2D eigenvalue weighted by Gasteiger charge is 2.06. The van der Waals surface area contributed by atoms with E-state index in [1.54, 1.807) is 0 Å². The minimum absolute atomic E-state index is 0.0185. The summed E-state index contributed by atoms with van der Waals surface area (Å²) < 4.78 is 6.65. The van der Waals surface area contributed by atoms with Crippen LogP contribution in [-0.2, 0) is 6.61 Å². The summed E-state index contributed by atoms with van der Waals surface area (Å²) in [6.07, 6.45) is 6.14. The highest BCUT2D eigenvalue weighted by Crippen LogP contribution is 2.29. The van der Waals surface area contributed by atoms with Crippen molar-refractivity contribution in [3.63, 3.8) is 0 Å². The van der Waals surface area contributed by atoms with E-state index in [1.165, 1.54) is 25.7 Å². The largest absolute Gasteiger partial charge is 0.492 e. The Morgan fingerprint density at radius 1 is 1.18 bits per heavy atom. The number of rotatable bonds is 8. The molecule has 1 aromatic carbocycles. The quantitative estimate of drug-likeness (QED) is 0.726. The van der Waals surface area contributed by atoms with E-state index in [-0.39, 0.29) is 6.61 Å². The van der Waals surface area contributed by atoms with E-state index in [9.17, 15) is 5.11 Å². The van der Waals surface area contributed by atoms with Gasteiger partial charge in [0.05, 0.1) is 17.7 Å². The molecule has 0 heterocycles. The number of aliphatic hydroxyl groups is 1. The summed E-state index contributed by atoms with van der Waals surface area (Å²) in [7, 11) is 0. The number of para-hydroxylation sites is 1. The zero-order chi connectivity index (χ0) is 12.5. The average molecular weight is 301 g/mol. The minimum Gasteiger partial charge on any atom is -0.492 e. The molecule has 0 radical (unpaired) electrons. The Bertz CT molecular complexity index is 326. The van der Waals surface area contributed by atoms with Crippen LogP contribution in [0.1, 0.15) is 44.6 Å². The highest BCUT2D eigenvalue weighted by atomic mass is 79.9. The predicted octanol–water partition coefficient (Wildman–Crippen LogP) is 4.29. The Morgan fingerprint density at radius 3 is 2.65 bits per heavy atom. The van der Waals surface area contributed by atoms with E-state index >= 15 is 0 Å². The molecule has 96 valence electrons. The van der Waals surface area contributed by atoms with Crippen molar-refractivity contribution in [2.24, 2.45) is 0 Å². The van der Waals surface area contributed by atoms with Crippen LogP contribution in [0.25, 0.3) is 0 Å². The summed E-state index contributed by atoms with van der Waals surface area (Å²) in [6, 6.07) is 5.73. The van der Waals surface area contributed by atoms with E-state index in [0.29, 0.717) is 0 Å². The maximum atomic E-state index is 9.21. The van der Waals surface area contributed by atoms with Gasteiger partial charge in [-0.1, -0.05) is 44.7 Å². The summed E-state index contributed by atoms with van der Waals surface area (Å²) in [5.41, 5.74) is 0.841. The molecule has 0 unspecified atom stereocenters. The zero-order valence-electron chi connectivity index (χ0n) is 10.4. The lowest BCUT2D eigenvalue weighted by atomic mass is 10.1. The summed E-state index contributed by atoms with van der Waals surface area (Å²) in [4.78, 5) is 0. The van der Waals surface area contributed by atoms with Crippen LogP contribution in [0.3, 0.4) is 0 Å². The molecular weight excluding hydrogens is 280 g/mol. The molecule has 3 heteroatoms. The molecule has 0 aromatic heterocycles. The fourth-order valence-electron chi connectivity index (χ4n) is 1.72. The first-order valence-electron chi connectivity index (χ1n) is 6.30. The predicted molar refractivity (Wildman–Crippen MR) is 74.3 cm³/mol. The third-order valence-corrected chi connectivity index (χ3v) is 3.34. The van der Waals surface area contributed by atoms with Crippen molar-refractivity contribution in [3.05, 3.63) is 28.2 Å². The normalized spacial score (nSPS) is 10.5. The molecular formula is C14H21BrO2. The van der Waals surface area contributed by atoms with Crippen molar-refractivity contribution in [2.75, 3.05) is 6.61 Å². The molecule has 0 amide bonds. The summed E-state index contributed by atoms with van der Waals surface area (Å²) in [5.74, 6) is 0.783. The molecule has 0 saturated carbocycles. The van der Waals surface area contributed by atoms with Crippen LogP contribution in [0, 0.1) is 0 Å². The second-order valence-electron chi connectivity index (χ2n) is 4.15. The Kier molecular flexibility index (Phi) is 7.29. The minimum atomic E-state index is 0.0185. The summed E-state index contributed by atoms with van der Waals surface area (Å²) in [6.45, 7) is 2.95. The van der Waals surface area contributed by atoms with Crippen molar-refractivity contribution in [3.8, 4) is 5.75 Å². The first-order chi connectivity index (χ1) is 8.29. The maximum absolute atomic E-state index is 9.21. The van der Waals surface area contributed by atoms with Crippen LogP contribution < -0.4 is 4.74 Å². The average Bonchev–Trinajstić information content (AvgIpc) is 2.35. The molecule has 0 bridgehead atoms. The van der Waals surface area contributed by atoms with Gasteiger partial charge in [-0.05, 0) is 28.4 Å².